The molecule has 6 nitrogen and oxygen atoms in total. The fraction of sp³-hybridized carbons (Fsp3) is 0.500. The number of benzene rings is 2. The maximum atomic E-state index is 12.6. The van der Waals surface area contributed by atoms with E-state index in [4.69, 9.17) is 0 Å². The molecule has 2 fully saturated rings. The lowest BCUT2D eigenvalue weighted by Gasteiger charge is -2.35. The molecular formula is C24H31N3O3. The third-order valence-electron chi connectivity index (χ3n) is 6.42. The van der Waals surface area contributed by atoms with Crippen LogP contribution in [0.25, 0.3) is 10.8 Å². The van der Waals surface area contributed by atoms with Crippen LogP contribution in [0.1, 0.15) is 44.1 Å². The molecular weight excluding hydrogens is 378 g/mol. The maximum Gasteiger partial charge on any atom is 0.237 e. The van der Waals surface area contributed by atoms with Gasteiger partial charge in [-0.05, 0) is 35.2 Å². The van der Waals surface area contributed by atoms with Crippen molar-refractivity contribution in [2.24, 2.45) is 0 Å². The van der Waals surface area contributed by atoms with Crippen LogP contribution in [0.2, 0.25) is 0 Å². The number of fused-ring (bicyclic) bond motifs is 1. The van der Waals surface area contributed by atoms with E-state index in [1.165, 1.54) is 10.8 Å². The van der Waals surface area contributed by atoms with Crippen molar-refractivity contribution in [2.45, 2.75) is 56.7 Å². The molecule has 4 rings (SSSR count). The second-order valence-electron chi connectivity index (χ2n) is 8.72. The lowest BCUT2D eigenvalue weighted by molar-refractivity contribution is -0.134. The summed E-state index contributed by atoms with van der Waals surface area (Å²) in [6.45, 7) is 2.19. The molecule has 30 heavy (non-hydrogen) atoms. The predicted octanol–water partition coefficient (Wildman–Crippen LogP) is 2.34. The van der Waals surface area contributed by atoms with Gasteiger partial charge in [-0.2, -0.15) is 0 Å². The van der Waals surface area contributed by atoms with Gasteiger partial charge in [0.15, 0.2) is 0 Å². The first-order chi connectivity index (χ1) is 14.5. The number of rotatable bonds is 6. The van der Waals surface area contributed by atoms with Crippen molar-refractivity contribution in [3.05, 3.63) is 48.0 Å². The number of piperazine rings is 1. The first kappa shape index (κ1) is 20.8. The van der Waals surface area contributed by atoms with E-state index in [2.05, 4.69) is 45.9 Å². The summed E-state index contributed by atoms with van der Waals surface area (Å²) >= 11 is 0. The second kappa shape index (κ2) is 9.14. The molecule has 1 atom stereocenters. The number of carbonyl (C=O) groups excluding carboxylic acids is 2. The number of hydrogen-bond acceptors (Lipinski definition) is 4. The van der Waals surface area contributed by atoms with Crippen LogP contribution in [-0.2, 0) is 16.1 Å². The molecule has 0 bridgehead atoms. The van der Waals surface area contributed by atoms with Gasteiger partial charge in [0.05, 0.1) is 18.1 Å². The predicted molar refractivity (Wildman–Crippen MR) is 117 cm³/mol. The summed E-state index contributed by atoms with van der Waals surface area (Å²) in [6, 6.07) is 14.1. The number of aliphatic hydroxyl groups is 1. The molecule has 2 aromatic carbocycles. The zero-order valence-electron chi connectivity index (χ0n) is 17.4. The van der Waals surface area contributed by atoms with Gasteiger partial charge in [0.2, 0.25) is 11.8 Å². The van der Waals surface area contributed by atoms with E-state index in [1.807, 2.05) is 12.1 Å². The second-order valence-corrected chi connectivity index (χ2v) is 8.72. The van der Waals surface area contributed by atoms with Gasteiger partial charge in [-0.3, -0.25) is 14.5 Å². The Labute approximate surface area is 177 Å². The van der Waals surface area contributed by atoms with Crippen LogP contribution in [0.3, 0.4) is 0 Å². The molecule has 2 amide bonds. The molecule has 2 aliphatic rings. The third-order valence-corrected chi connectivity index (χ3v) is 6.42. The van der Waals surface area contributed by atoms with Crippen LogP contribution in [0.5, 0.6) is 0 Å². The summed E-state index contributed by atoms with van der Waals surface area (Å²) < 4.78 is 0. The molecule has 160 valence electrons. The van der Waals surface area contributed by atoms with Gasteiger partial charge in [0.25, 0.3) is 0 Å². The van der Waals surface area contributed by atoms with Crippen LogP contribution in [0.4, 0.5) is 0 Å². The largest absolute Gasteiger partial charge is 0.388 e. The molecule has 1 aliphatic carbocycles. The lowest BCUT2D eigenvalue weighted by atomic mass is 9.85. The monoisotopic (exact) mass is 409 g/mol. The summed E-state index contributed by atoms with van der Waals surface area (Å²) in [5.74, 6) is -0.284. The molecule has 1 saturated carbocycles. The third kappa shape index (κ3) is 4.99. The fourth-order valence-corrected chi connectivity index (χ4v) is 4.64. The van der Waals surface area contributed by atoms with Crippen molar-refractivity contribution in [1.29, 1.82) is 0 Å². The van der Waals surface area contributed by atoms with E-state index < -0.39 is 11.6 Å². The summed E-state index contributed by atoms with van der Waals surface area (Å²) in [6.07, 6.45) is 4.70. The SMILES string of the molecule is O=C(CC1C(=O)NCCN1Cc1ccc2ccccc2c1)NCC1(O)CCCCC1. The van der Waals surface area contributed by atoms with Crippen molar-refractivity contribution in [2.75, 3.05) is 19.6 Å². The van der Waals surface area contributed by atoms with Crippen LogP contribution >= 0.6 is 0 Å². The Morgan fingerprint density at radius 3 is 2.70 bits per heavy atom. The topological polar surface area (TPSA) is 81.7 Å². The average molecular weight is 410 g/mol. The first-order valence-corrected chi connectivity index (χ1v) is 11.0. The number of nitrogens with one attached hydrogen (secondary N) is 2. The Hall–Kier alpha value is -2.44. The van der Waals surface area contributed by atoms with E-state index in [1.54, 1.807) is 0 Å². The van der Waals surface area contributed by atoms with E-state index in [0.717, 1.165) is 37.7 Å². The summed E-state index contributed by atoms with van der Waals surface area (Å²) in [7, 11) is 0. The van der Waals surface area contributed by atoms with E-state index in [9.17, 15) is 14.7 Å². The fourth-order valence-electron chi connectivity index (χ4n) is 4.64. The Kier molecular flexibility index (Phi) is 6.35. The van der Waals surface area contributed by atoms with Crippen LogP contribution < -0.4 is 10.6 Å². The zero-order chi connectivity index (χ0) is 21.0. The molecule has 1 aliphatic heterocycles. The van der Waals surface area contributed by atoms with Crippen LogP contribution in [0, 0.1) is 0 Å². The van der Waals surface area contributed by atoms with E-state index >= 15 is 0 Å². The molecule has 1 saturated heterocycles. The Bertz CT molecular complexity index is 907. The highest BCUT2D eigenvalue weighted by Gasteiger charge is 2.33. The van der Waals surface area contributed by atoms with Gasteiger partial charge >= 0.3 is 0 Å². The number of hydrogen-bond donors (Lipinski definition) is 3. The van der Waals surface area contributed by atoms with Crippen molar-refractivity contribution >= 4 is 22.6 Å². The minimum Gasteiger partial charge on any atom is -0.388 e. The summed E-state index contributed by atoms with van der Waals surface area (Å²) in [5.41, 5.74) is 0.332. The standard InChI is InChI=1S/C24H31N3O3/c28-22(26-17-24(30)10-4-1-5-11-24)15-21-23(29)25-12-13-27(21)16-18-8-9-19-6-2-3-7-20(19)14-18/h2-3,6-9,14,21,30H,1,4-5,10-13,15-17H2,(H,25,29)(H,26,28). The Morgan fingerprint density at radius 2 is 1.90 bits per heavy atom. The zero-order valence-corrected chi connectivity index (χ0v) is 17.4. The highest BCUT2D eigenvalue weighted by molar-refractivity contribution is 5.89. The summed E-state index contributed by atoms with van der Waals surface area (Å²) in [4.78, 5) is 27.2. The first-order valence-electron chi connectivity index (χ1n) is 11.0. The number of nitrogens with zero attached hydrogens (tertiary/aromatic N) is 1. The normalized spacial score (nSPS) is 21.9. The number of carbonyl (C=O) groups is 2. The average Bonchev–Trinajstić information content (AvgIpc) is 2.75. The number of amides is 2. The molecule has 0 radical (unpaired) electrons. The van der Waals surface area contributed by atoms with Gasteiger partial charge in [0, 0.05) is 26.2 Å². The molecule has 2 aromatic rings. The van der Waals surface area contributed by atoms with Crippen molar-refractivity contribution in [1.82, 2.24) is 15.5 Å². The smallest absolute Gasteiger partial charge is 0.237 e. The van der Waals surface area contributed by atoms with Gasteiger partial charge < -0.3 is 15.7 Å². The Morgan fingerprint density at radius 1 is 1.13 bits per heavy atom. The summed E-state index contributed by atoms with van der Waals surface area (Å²) in [5, 5.41) is 18.7. The molecule has 0 spiro atoms. The van der Waals surface area contributed by atoms with Crippen molar-refractivity contribution < 1.29 is 14.7 Å². The van der Waals surface area contributed by atoms with Gasteiger partial charge in [-0.15, -0.1) is 0 Å². The van der Waals surface area contributed by atoms with Crippen LogP contribution in [-0.4, -0.2) is 53.1 Å². The van der Waals surface area contributed by atoms with E-state index in [-0.39, 0.29) is 24.8 Å². The van der Waals surface area contributed by atoms with Gasteiger partial charge in [0.1, 0.15) is 0 Å². The van der Waals surface area contributed by atoms with E-state index in [0.29, 0.717) is 19.6 Å². The highest BCUT2D eigenvalue weighted by atomic mass is 16.3. The minimum atomic E-state index is -0.798. The molecule has 6 heteroatoms. The highest BCUT2D eigenvalue weighted by Crippen LogP contribution is 2.27. The molecule has 1 unspecified atom stereocenters. The van der Waals surface area contributed by atoms with Crippen molar-refractivity contribution in [3.8, 4) is 0 Å². The quantitative estimate of drug-likeness (QED) is 0.684. The molecule has 1 heterocycles. The van der Waals surface area contributed by atoms with Crippen molar-refractivity contribution in [3.63, 3.8) is 0 Å². The lowest BCUT2D eigenvalue weighted by Crippen LogP contribution is -2.56. The minimum absolute atomic E-state index is 0.103. The van der Waals surface area contributed by atoms with Crippen LogP contribution in [0.15, 0.2) is 42.5 Å². The maximum absolute atomic E-state index is 12.6. The molecule has 0 aromatic heterocycles. The van der Waals surface area contributed by atoms with Gasteiger partial charge in [-0.1, -0.05) is 55.7 Å². The molecule has 3 N–H and O–H groups in total. The van der Waals surface area contributed by atoms with Gasteiger partial charge in [-0.25, -0.2) is 0 Å². The Balaban J connectivity index is 1.39.